The highest BCUT2D eigenvalue weighted by Crippen LogP contribution is 2.24. The van der Waals surface area contributed by atoms with E-state index in [1.165, 1.54) is 327 Å². The summed E-state index contributed by atoms with van der Waals surface area (Å²) in [6.07, 6.45) is 88.9. The maximum atomic E-state index is 13.1. The third-order valence-electron chi connectivity index (χ3n) is 19.9. The number of hydrogen-bond donors (Lipinski definition) is 6. The van der Waals surface area contributed by atoms with Crippen molar-refractivity contribution < 1.29 is 49.3 Å². The average Bonchev–Trinajstić information content (AvgIpc) is 0.836. The molecule has 1 amide bonds. The van der Waals surface area contributed by atoms with E-state index in [1.54, 1.807) is 6.08 Å². The van der Waals surface area contributed by atoms with Crippen LogP contribution in [-0.4, -0.2) is 100 Å². The molecule has 0 radical (unpaired) electrons. The summed E-state index contributed by atoms with van der Waals surface area (Å²) in [4.78, 5) is 25.2. The molecule has 0 bridgehead atoms. The smallest absolute Gasteiger partial charge is 0.305 e. The molecule has 1 aliphatic rings. The van der Waals surface area contributed by atoms with Gasteiger partial charge in [0.05, 0.1) is 32.0 Å². The normalized spacial score (nSPS) is 17.5. The van der Waals surface area contributed by atoms with Crippen LogP contribution in [0.3, 0.4) is 0 Å². The van der Waals surface area contributed by atoms with E-state index in [-0.39, 0.29) is 18.5 Å². The molecule has 0 aromatic carbocycles. The fourth-order valence-corrected chi connectivity index (χ4v) is 13.3. The van der Waals surface area contributed by atoms with E-state index in [4.69, 9.17) is 14.2 Å². The van der Waals surface area contributed by atoms with E-state index in [0.29, 0.717) is 19.4 Å². The van der Waals surface area contributed by atoms with Crippen molar-refractivity contribution in [2.24, 2.45) is 0 Å². The van der Waals surface area contributed by atoms with Crippen LogP contribution in [0.5, 0.6) is 0 Å². The number of nitrogens with one attached hydrogen (secondary N) is 1. The quantitative estimate of drug-likeness (QED) is 0.0195. The van der Waals surface area contributed by atoms with E-state index in [9.17, 15) is 35.1 Å². The zero-order chi connectivity index (χ0) is 69.4. The molecule has 1 aliphatic heterocycles. The Morgan fingerprint density at radius 3 is 1.08 bits per heavy atom. The summed E-state index contributed by atoms with van der Waals surface area (Å²) in [5, 5.41) is 54.4. The van der Waals surface area contributed by atoms with Crippen molar-refractivity contribution in [1.82, 2.24) is 5.32 Å². The molecule has 0 aromatic heterocycles. The number of ether oxygens (including phenoxy) is 3. The van der Waals surface area contributed by atoms with Gasteiger partial charge >= 0.3 is 5.97 Å². The average molecular weight is 1360 g/mol. The lowest BCUT2D eigenvalue weighted by Crippen LogP contribution is -2.60. The number of rotatable bonds is 75. The minimum absolute atomic E-state index is 0.0135. The Bertz CT molecular complexity index is 1740. The van der Waals surface area contributed by atoms with Crippen LogP contribution in [0.25, 0.3) is 0 Å². The van der Waals surface area contributed by atoms with Crippen LogP contribution in [0, 0.1) is 0 Å². The van der Waals surface area contributed by atoms with Gasteiger partial charge in [-0.15, -0.1) is 0 Å². The van der Waals surface area contributed by atoms with Crippen molar-refractivity contribution >= 4 is 11.9 Å². The highest BCUT2D eigenvalue weighted by Gasteiger charge is 2.44. The summed E-state index contributed by atoms with van der Waals surface area (Å²) in [6.45, 7) is 4.35. The van der Waals surface area contributed by atoms with Crippen molar-refractivity contribution in [3.8, 4) is 0 Å². The Kier molecular flexibility index (Phi) is 70.5. The van der Waals surface area contributed by atoms with Crippen LogP contribution in [-0.2, 0) is 23.8 Å². The summed E-state index contributed by atoms with van der Waals surface area (Å²) in [7, 11) is 0. The first-order chi connectivity index (χ1) is 47.2. The number of unbranched alkanes of at least 4 members (excludes halogenated alkanes) is 55. The number of esters is 1. The van der Waals surface area contributed by atoms with Crippen molar-refractivity contribution in [2.45, 2.75) is 461 Å². The molecule has 7 unspecified atom stereocenters. The Hall–Kier alpha value is -2.38. The molecule has 6 N–H and O–H groups in total. The summed E-state index contributed by atoms with van der Waals surface area (Å²) < 4.78 is 16.8. The van der Waals surface area contributed by atoms with Crippen molar-refractivity contribution in [1.29, 1.82) is 0 Å². The molecule has 11 heteroatoms. The molecule has 1 heterocycles. The molecule has 11 nitrogen and oxygen atoms in total. The Labute approximate surface area is 593 Å². The van der Waals surface area contributed by atoms with Crippen LogP contribution in [0.15, 0.2) is 48.6 Å². The van der Waals surface area contributed by atoms with Gasteiger partial charge in [0.25, 0.3) is 0 Å². The predicted octanol–water partition coefficient (Wildman–Crippen LogP) is 23.0. The zero-order valence-corrected chi connectivity index (χ0v) is 63.1. The number of hydrogen-bond acceptors (Lipinski definition) is 10. The van der Waals surface area contributed by atoms with Gasteiger partial charge < -0.3 is 45.1 Å². The van der Waals surface area contributed by atoms with Crippen LogP contribution in [0.2, 0.25) is 0 Å². The second kappa shape index (κ2) is 73.8. The molecule has 0 spiro atoms. The van der Waals surface area contributed by atoms with Crippen LogP contribution >= 0.6 is 0 Å². The molecular weight excluding hydrogens is 1190 g/mol. The van der Waals surface area contributed by atoms with Crippen LogP contribution in [0.4, 0.5) is 0 Å². The molecule has 0 saturated carbocycles. The number of carbonyl (C=O) groups is 2. The van der Waals surface area contributed by atoms with Gasteiger partial charge in [0, 0.05) is 12.8 Å². The summed E-state index contributed by atoms with van der Waals surface area (Å²) in [5.74, 6) is -0.163. The Morgan fingerprint density at radius 1 is 0.385 bits per heavy atom. The molecule has 96 heavy (non-hydrogen) atoms. The largest absolute Gasteiger partial charge is 0.466 e. The lowest BCUT2D eigenvalue weighted by molar-refractivity contribution is -0.302. The predicted molar refractivity (Wildman–Crippen MR) is 407 cm³/mol. The minimum Gasteiger partial charge on any atom is -0.466 e. The number of allylic oxidation sites excluding steroid dienone is 7. The van der Waals surface area contributed by atoms with Gasteiger partial charge in [-0.2, -0.15) is 0 Å². The molecule has 1 fully saturated rings. The van der Waals surface area contributed by atoms with E-state index in [2.05, 4.69) is 55.6 Å². The van der Waals surface area contributed by atoms with E-state index in [0.717, 1.165) is 64.2 Å². The molecule has 0 aliphatic carbocycles. The van der Waals surface area contributed by atoms with Crippen LogP contribution < -0.4 is 5.32 Å². The zero-order valence-electron chi connectivity index (χ0n) is 63.1. The van der Waals surface area contributed by atoms with E-state index >= 15 is 0 Å². The van der Waals surface area contributed by atoms with E-state index < -0.39 is 49.5 Å². The molecule has 0 aromatic rings. The highest BCUT2D eigenvalue weighted by molar-refractivity contribution is 5.76. The molecular formula is C85H159NO10. The number of aliphatic hydroxyl groups excluding tert-OH is 5. The standard InChI is InChI=1S/C85H159NO10/c1-3-5-7-9-11-13-15-16-17-18-40-44-47-50-53-57-61-65-69-73-81(90)94-74-70-66-62-58-54-51-48-45-42-39-37-35-33-31-29-27-25-23-21-19-20-22-24-26-28-30-32-34-36-38-41-43-46-49-52-56-60-64-68-72-80(89)86-77(76-95-85-84(93)83(92)82(91)79(75-87)96-85)78(88)71-67-63-59-55-14-12-10-8-6-4-2/h11,13,16-17,19-20,67,71,77-79,82-85,87-88,91-93H,3-10,12,14-15,18,21-66,68-70,72-76H2,1-2H3,(H,86,89)/b13-11-,17-16-,20-19-,71-67+. The maximum Gasteiger partial charge on any atom is 0.305 e. The third kappa shape index (κ3) is 61.5. The molecule has 1 saturated heterocycles. The minimum atomic E-state index is -1.57. The number of carbonyl (C=O) groups excluding carboxylic acids is 2. The van der Waals surface area contributed by atoms with Gasteiger partial charge in [-0.3, -0.25) is 9.59 Å². The van der Waals surface area contributed by atoms with Gasteiger partial charge in [-0.05, 0) is 89.9 Å². The maximum absolute atomic E-state index is 13.1. The first-order valence-corrected chi connectivity index (χ1v) is 41.9. The second-order valence-electron chi connectivity index (χ2n) is 29.2. The van der Waals surface area contributed by atoms with Gasteiger partial charge in [0.15, 0.2) is 6.29 Å². The first-order valence-electron chi connectivity index (χ1n) is 41.9. The van der Waals surface area contributed by atoms with Crippen molar-refractivity contribution in [3.63, 3.8) is 0 Å². The first kappa shape index (κ1) is 91.6. The summed E-state index contributed by atoms with van der Waals surface area (Å²) >= 11 is 0. The SMILES string of the molecule is CCCCC/C=C\C/C=C\CCCCCCCCCCCC(=O)OCCCCCCCCCCCCCCCCCCCC/C=C\CCCCCCCCCCCCCCCCCCCC(=O)NC(COC1OC(CO)C(O)C(O)C1O)C(O)/C=C/CCCCCCCCCC. The lowest BCUT2D eigenvalue weighted by Gasteiger charge is -2.40. The lowest BCUT2D eigenvalue weighted by atomic mass is 9.99. The third-order valence-corrected chi connectivity index (χ3v) is 19.9. The van der Waals surface area contributed by atoms with Crippen molar-refractivity contribution in [3.05, 3.63) is 48.6 Å². The highest BCUT2D eigenvalue weighted by atomic mass is 16.7. The van der Waals surface area contributed by atoms with Gasteiger partial charge in [0.2, 0.25) is 5.91 Å². The van der Waals surface area contributed by atoms with Crippen LogP contribution in [0.1, 0.15) is 418 Å². The van der Waals surface area contributed by atoms with E-state index in [1.807, 2.05) is 6.08 Å². The Morgan fingerprint density at radius 2 is 0.698 bits per heavy atom. The van der Waals surface area contributed by atoms with Gasteiger partial charge in [-0.1, -0.05) is 364 Å². The molecule has 7 atom stereocenters. The van der Waals surface area contributed by atoms with Crippen molar-refractivity contribution in [2.75, 3.05) is 19.8 Å². The Balaban J connectivity index is 1.84. The van der Waals surface area contributed by atoms with Gasteiger partial charge in [-0.25, -0.2) is 0 Å². The number of amides is 1. The second-order valence-corrected chi connectivity index (χ2v) is 29.2. The molecule has 564 valence electrons. The fraction of sp³-hybridized carbons (Fsp3) is 0.882. The topological polar surface area (TPSA) is 175 Å². The molecule has 1 rings (SSSR count). The summed E-state index contributed by atoms with van der Waals surface area (Å²) in [6, 6.07) is -0.806. The monoisotopic (exact) mass is 1350 g/mol. The van der Waals surface area contributed by atoms with Gasteiger partial charge in [0.1, 0.15) is 24.4 Å². The number of aliphatic hydroxyl groups is 5. The fourth-order valence-electron chi connectivity index (χ4n) is 13.3. The summed E-state index contributed by atoms with van der Waals surface area (Å²) in [5.41, 5.74) is 0.